The predicted octanol–water partition coefficient (Wildman–Crippen LogP) is 2.77. The highest BCUT2D eigenvalue weighted by atomic mass is 35.5. The third-order valence-corrected chi connectivity index (χ3v) is 5.81. The first kappa shape index (κ1) is 21.6. The van der Waals surface area contributed by atoms with E-state index in [4.69, 9.17) is 32.7 Å². The lowest BCUT2D eigenvalue weighted by Gasteiger charge is -2.36. The fourth-order valence-electron chi connectivity index (χ4n) is 3.67. The van der Waals surface area contributed by atoms with Gasteiger partial charge in [0.25, 0.3) is 0 Å². The van der Waals surface area contributed by atoms with Gasteiger partial charge in [0.2, 0.25) is 11.8 Å². The summed E-state index contributed by atoms with van der Waals surface area (Å²) in [4.78, 5) is 28.8. The second-order valence-corrected chi connectivity index (χ2v) is 8.24. The van der Waals surface area contributed by atoms with E-state index >= 15 is 0 Å². The van der Waals surface area contributed by atoms with E-state index in [1.54, 1.807) is 17.0 Å². The molecule has 2 aromatic carbocycles. The van der Waals surface area contributed by atoms with Crippen LogP contribution in [0.4, 0.5) is 5.69 Å². The van der Waals surface area contributed by atoms with Crippen LogP contribution in [0.2, 0.25) is 10.0 Å². The first-order valence-electron chi connectivity index (χ1n) is 10.1. The minimum Gasteiger partial charge on any atom is -0.486 e. The third-order valence-electron chi connectivity index (χ3n) is 5.28. The van der Waals surface area contributed by atoms with Gasteiger partial charge < -0.3 is 24.6 Å². The quantitative estimate of drug-likeness (QED) is 0.737. The van der Waals surface area contributed by atoms with E-state index in [2.05, 4.69) is 10.2 Å². The van der Waals surface area contributed by atoms with Gasteiger partial charge in [0.05, 0.1) is 18.0 Å². The Morgan fingerprint density at radius 3 is 2.42 bits per heavy atom. The van der Waals surface area contributed by atoms with Crippen molar-refractivity contribution < 1.29 is 19.1 Å². The number of ether oxygens (including phenoxy) is 2. The van der Waals surface area contributed by atoms with Crippen LogP contribution in [0.5, 0.6) is 11.5 Å². The van der Waals surface area contributed by atoms with Gasteiger partial charge in [0, 0.05) is 36.9 Å². The summed E-state index contributed by atoms with van der Waals surface area (Å²) in [6.07, 6.45) is 0.105. The Morgan fingerprint density at radius 2 is 1.68 bits per heavy atom. The molecule has 2 aliphatic heterocycles. The summed E-state index contributed by atoms with van der Waals surface area (Å²) in [5, 5.41) is 3.82. The molecule has 164 valence electrons. The van der Waals surface area contributed by atoms with Gasteiger partial charge in [-0.15, -0.1) is 0 Å². The van der Waals surface area contributed by atoms with Crippen LogP contribution in [0.25, 0.3) is 0 Å². The molecule has 1 N–H and O–H groups in total. The Morgan fingerprint density at radius 1 is 0.968 bits per heavy atom. The van der Waals surface area contributed by atoms with Gasteiger partial charge in [0.1, 0.15) is 13.2 Å². The Bertz CT molecular complexity index is 960. The lowest BCUT2D eigenvalue weighted by molar-refractivity contribution is -0.133. The van der Waals surface area contributed by atoms with Gasteiger partial charge in [-0.05, 0) is 42.0 Å². The number of rotatable bonds is 5. The Hall–Kier alpha value is -2.64. The number of anilines is 1. The van der Waals surface area contributed by atoms with Crippen LogP contribution < -0.4 is 19.7 Å². The Labute approximate surface area is 190 Å². The van der Waals surface area contributed by atoms with Crippen molar-refractivity contribution in [1.29, 1.82) is 0 Å². The number of nitrogens with zero attached hydrogens (tertiary/aromatic N) is 2. The number of halogens is 2. The molecule has 9 heteroatoms. The van der Waals surface area contributed by atoms with Crippen LogP contribution in [-0.4, -0.2) is 62.7 Å². The summed E-state index contributed by atoms with van der Waals surface area (Å²) in [6, 6.07) is 11.1. The zero-order chi connectivity index (χ0) is 21.8. The van der Waals surface area contributed by atoms with Crippen LogP contribution in [0.1, 0.15) is 5.56 Å². The van der Waals surface area contributed by atoms with Crippen LogP contribution in [0.3, 0.4) is 0 Å². The van der Waals surface area contributed by atoms with Crippen LogP contribution >= 0.6 is 23.2 Å². The van der Waals surface area contributed by atoms with Crippen LogP contribution in [-0.2, 0) is 16.0 Å². The smallest absolute Gasteiger partial charge is 0.242 e. The van der Waals surface area contributed by atoms with Crippen LogP contribution in [0.15, 0.2) is 36.4 Å². The van der Waals surface area contributed by atoms with E-state index in [9.17, 15) is 9.59 Å². The van der Waals surface area contributed by atoms with E-state index in [0.717, 1.165) is 18.8 Å². The molecule has 2 heterocycles. The van der Waals surface area contributed by atoms with Crippen molar-refractivity contribution >= 4 is 40.7 Å². The molecule has 0 unspecified atom stereocenters. The van der Waals surface area contributed by atoms with Gasteiger partial charge >= 0.3 is 0 Å². The fourth-order valence-corrected chi connectivity index (χ4v) is 4.08. The molecular weight excluding hydrogens is 441 g/mol. The minimum atomic E-state index is -0.249. The Kier molecular flexibility index (Phi) is 6.73. The van der Waals surface area contributed by atoms with Crippen molar-refractivity contribution in [2.24, 2.45) is 0 Å². The lowest BCUT2D eigenvalue weighted by Crippen LogP contribution is -2.51. The summed E-state index contributed by atoms with van der Waals surface area (Å²) in [6.45, 7) is 3.54. The molecule has 1 saturated heterocycles. The van der Waals surface area contributed by atoms with Gasteiger partial charge in [-0.2, -0.15) is 0 Å². The van der Waals surface area contributed by atoms with Crippen LogP contribution in [0, 0.1) is 0 Å². The third kappa shape index (κ3) is 5.35. The largest absolute Gasteiger partial charge is 0.486 e. The van der Waals surface area contributed by atoms with Gasteiger partial charge in [-0.25, -0.2) is 0 Å². The summed E-state index contributed by atoms with van der Waals surface area (Å²) < 4.78 is 11.0. The van der Waals surface area contributed by atoms with Crippen molar-refractivity contribution in [1.82, 2.24) is 10.2 Å². The molecule has 0 atom stereocenters. The molecule has 1 fully saturated rings. The molecule has 4 rings (SSSR count). The van der Waals surface area contributed by atoms with Gasteiger partial charge in [-0.3, -0.25) is 9.59 Å². The standard InChI is InChI=1S/C22H23Cl2N3O4/c23-16-1-3-17(4-2-16)26-5-7-27(8-6-26)21(29)14-25-20(28)13-15-11-18(24)22-19(12-15)30-9-10-31-22/h1-4,11-12H,5-10,13-14H2,(H,25,28). The number of fused-ring (bicyclic) bond motifs is 1. The van der Waals surface area contributed by atoms with E-state index in [-0.39, 0.29) is 24.8 Å². The number of carbonyl (C=O) groups excluding carboxylic acids is 2. The lowest BCUT2D eigenvalue weighted by atomic mass is 10.1. The van der Waals surface area contributed by atoms with Crippen molar-refractivity contribution in [2.45, 2.75) is 6.42 Å². The highest BCUT2D eigenvalue weighted by Gasteiger charge is 2.22. The summed E-state index contributed by atoms with van der Waals surface area (Å²) in [5.74, 6) is 0.700. The monoisotopic (exact) mass is 463 g/mol. The summed E-state index contributed by atoms with van der Waals surface area (Å²) >= 11 is 12.2. The first-order valence-corrected chi connectivity index (χ1v) is 10.9. The van der Waals surface area contributed by atoms with Gasteiger partial charge in [0.15, 0.2) is 11.5 Å². The molecule has 7 nitrogen and oxygen atoms in total. The number of hydrogen-bond donors (Lipinski definition) is 1. The SMILES string of the molecule is O=C(Cc1cc(Cl)c2c(c1)OCCO2)NCC(=O)N1CCN(c2ccc(Cl)cc2)CC1. The highest BCUT2D eigenvalue weighted by Crippen LogP contribution is 2.38. The molecule has 0 saturated carbocycles. The maximum atomic E-state index is 12.5. The summed E-state index contributed by atoms with van der Waals surface area (Å²) in [5.41, 5.74) is 1.79. The molecule has 2 amide bonds. The van der Waals surface area contributed by atoms with Crippen molar-refractivity contribution in [3.8, 4) is 11.5 Å². The predicted molar refractivity (Wildman–Crippen MR) is 119 cm³/mol. The molecule has 0 spiro atoms. The average molecular weight is 464 g/mol. The Balaban J connectivity index is 1.24. The number of hydrogen-bond acceptors (Lipinski definition) is 5. The molecule has 0 aliphatic carbocycles. The topological polar surface area (TPSA) is 71.1 Å². The number of nitrogens with one attached hydrogen (secondary N) is 1. The van der Waals surface area contributed by atoms with Crippen molar-refractivity contribution in [3.05, 3.63) is 52.0 Å². The van der Waals surface area contributed by atoms with Crippen molar-refractivity contribution in [2.75, 3.05) is 50.8 Å². The molecule has 31 heavy (non-hydrogen) atoms. The number of carbonyl (C=O) groups is 2. The molecule has 0 aromatic heterocycles. The van der Waals surface area contributed by atoms with E-state index in [1.807, 2.05) is 24.3 Å². The molecule has 0 bridgehead atoms. The first-order chi connectivity index (χ1) is 15.0. The molecule has 2 aromatic rings. The summed E-state index contributed by atoms with van der Waals surface area (Å²) in [7, 11) is 0. The molecule has 0 radical (unpaired) electrons. The average Bonchev–Trinajstić information content (AvgIpc) is 2.78. The number of benzene rings is 2. The second kappa shape index (κ2) is 9.66. The van der Waals surface area contributed by atoms with E-state index < -0.39 is 0 Å². The second-order valence-electron chi connectivity index (χ2n) is 7.40. The number of piperazine rings is 1. The van der Waals surface area contributed by atoms with E-state index in [0.29, 0.717) is 53.4 Å². The van der Waals surface area contributed by atoms with E-state index in [1.165, 1.54) is 0 Å². The maximum absolute atomic E-state index is 12.5. The fraction of sp³-hybridized carbons (Fsp3) is 0.364. The maximum Gasteiger partial charge on any atom is 0.242 e. The molecular formula is C22H23Cl2N3O4. The highest BCUT2D eigenvalue weighted by molar-refractivity contribution is 6.32. The minimum absolute atomic E-state index is 0.0297. The van der Waals surface area contributed by atoms with Gasteiger partial charge in [-0.1, -0.05) is 23.2 Å². The van der Waals surface area contributed by atoms with Crippen molar-refractivity contribution in [3.63, 3.8) is 0 Å². The molecule has 2 aliphatic rings. The zero-order valence-corrected chi connectivity index (χ0v) is 18.4. The zero-order valence-electron chi connectivity index (χ0n) is 16.9. The normalized spacial score (nSPS) is 15.5. The number of amides is 2.